The molecule has 25 N–H and O–H groups in total. The van der Waals surface area contributed by atoms with Crippen LogP contribution in [0.3, 0.4) is 0 Å². The summed E-state index contributed by atoms with van der Waals surface area (Å²) in [5.41, 5.74) is 27.7. The molecule has 0 unspecified atom stereocenters. The van der Waals surface area contributed by atoms with Gasteiger partial charge in [-0.1, -0.05) is 41.5 Å². The molecule has 0 saturated carbocycles. The zero-order valence-corrected chi connectivity index (χ0v) is 66.5. The minimum Gasteiger partial charge on any atom is -0.481 e. The van der Waals surface area contributed by atoms with E-state index in [0.717, 1.165) is 4.90 Å². The van der Waals surface area contributed by atoms with Crippen molar-refractivity contribution in [1.82, 2.24) is 73.2 Å². The number of hydrogen-bond donors (Lipinski definition) is 20. The van der Waals surface area contributed by atoms with Crippen molar-refractivity contribution >= 4 is 118 Å². The summed E-state index contributed by atoms with van der Waals surface area (Å²) in [5.74, 6) is -21.8. The van der Waals surface area contributed by atoms with Crippen LogP contribution in [0.2, 0.25) is 0 Å². The van der Waals surface area contributed by atoms with Crippen LogP contribution in [0.4, 0.5) is 0 Å². The molecule has 43 nitrogen and oxygen atoms in total. The van der Waals surface area contributed by atoms with Crippen LogP contribution in [0, 0.1) is 17.8 Å². The van der Waals surface area contributed by atoms with E-state index in [1.165, 1.54) is 23.6 Å². The second-order valence-electron chi connectivity index (χ2n) is 30.2. The normalized spacial score (nSPS) is 18.4. The number of carbonyl (C=O) groups is 20. The Bertz CT molecular complexity index is 3490. The number of likely N-dealkylation sites (tertiary alicyclic amines) is 3. The van der Waals surface area contributed by atoms with Gasteiger partial charge in [-0.3, -0.25) is 91.1 Å². The van der Waals surface area contributed by atoms with Crippen molar-refractivity contribution in [3.8, 4) is 0 Å². The molecule has 646 valence electrons. The number of hydrogen-bond acceptors (Lipinski definition) is 23. The number of unbranched alkanes of at least 4 members (excludes halogenated alkanes) is 2. The number of nitrogens with zero attached hydrogens (tertiary/aromatic N) is 3. The maximum Gasteiger partial charge on any atom is 0.326 e. The number of carboxylic acids is 4. The molecular formula is C72H119N19O24. The third kappa shape index (κ3) is 32.6. The first-order chi connectivity index (χ1) is 53.9. The quantitative estimate of drug-likeness (QED) is 0.0252. The summed E-state index contributed by atoms with van der Waals surface area (Å²) in [6.07, 6.45) is -2.35. The number of carbonyl (C=O) groups excluding carboxylic acids is 16. The number of amides is 16. The first-order valence-electron chi connectivity index (χ1n) is 38.8. The smallest absolute Gasteiger partial charge is 0.326 e. The van der Waals surface area contributed by atoms with Crippen LogP contribution in [-0.4, -0.2) is 277 Å². The first-order valence-corrected chi connectivity index (χ1v) is 38.8. The van der Waals surface area contributed by atoms with E-state index < -0.39 is 266 Å². The van der Waals surface area contributed by atoms with E-state index in [9.17, 15) is 111 Å². The predicted molar refractivity (Wildman–Crippen MR) is 406 cm³/mol. The number of nitrogens with two attached hydrogens (primary N) is 5. The van der Waals surface area contributed by atoms with Gasteiger partial charge in [0.25, 0.3) is 0 Å². The highest BCUT2D eigenvalue weighted by atomic mass is 16.4. The van der Waals surface area contributed by atoms with Crippen molar-refractivity contribution in [2.75, 3.05) is 32.7 Å². The van der Waals surface area contributed by atoms with Crippen LogP contribution in [0.25, 0.3) is 0 Å². The molecule has 3 heterocycles. The molecule has 3 rings (SSSR count). The topological polar surface area (TPSA) is 694 Å². The van der Waals surface area contributed by atoms with Gasteiger partial charge in [0, 0.05) is 38.9 Å². The van der Waals surface area contributed by atoms with Crippen molar-refractivity contribution in [3.63, 3.8) is 0 Å². The lowest BCUT2D eigenvalue weighted by Crippen LogP contribution is -2.61. The van der Waals surface area contributed by atoms with E-state index in [0.29, 0.717) is 32.1 Å². The number of carboxylic acid groups (broad SMARTS) is 4. The second kappa shape index (κ2) is 48.5. The Morgan fingerprint density at radius 2 is 0.722 bits per heavy atom. The summed E-state index contributed by atoms with van der Waals surface area (Å²) in [6.45, 7) is 12.8. The Kier molecular flexibility index (Phi) is 41.5. The molecule has 15 atom stereocenters. The lowest BCUT2D eigenvalue weighted by atomic mass is 9.98. The molecule has 0 aromatic heterocycles. The highest BCUT2D eigenvalue weighted by Gasteiger charge is 2.46. The summed E-state index contributed by atoms with van der Waals surface area (Å²) in [6, 6.07) is -21.6. The number of rotatable bonds is 51. The van der Waals surface area contributed by atoms with Crippen molar-refractivity contribution < 1.29 is 116 Å². The number of nitrogens with one attached hydrogen (secondary N) is 11. The fraction of sp³-hybridized carbons (Fsp3) is 0.722. The third-order valence-corrected chi connectivity index (χ3v) is 19.6. The molecule has 3 aliphatic heterocycles. The van der Waals surface area contributed by atoms with Gasteiger partial charge < -0.3 is 122 Å². The summed E-state index contributed by atoms with van der Waals surface area (Å²) in [7, 11) is 0. The highest BCUT2D eigenvalue weighted by Crippen LogP contribution is 2.26. The van der Waals surface area contributed by atoms with Crippen molar-refractivity contribution in [2.45, 2.75) is 281 Å². The Labute approximate surface area is 665 Å². The monoisotopic (exact) mass is 1630 g/mol. The van der Waals surface area contributed by atoms with E-state index in [1.54, 1.807) is 41.5 Å². The van der Waals surface area contributed by atoms with Gasteiger partial charge in [-0.15, -0.1) is 0 Å². The van der Waals surface area contributed by atoms with Crippen molar-refractivity contribution in [2.24, 2.45) is 46.4 Å². The predicted octanol–water partition coefficient (Wildman–Crippen LogP) is -6.29. The number of aliphatic carboxylic acids is 4. The van der Waals surface area contributed by atoms with Gasteiger partial charge in [-0.05, 0) is 147 Å². The van der Waals surface area contributed by atoms with Crippen LogP contribution in [0.15, 0.2) is 0 Å². The minimum atomic E-state index is -1.94. The van der Waals surface area contributed by atoms with Gasteiger partial charge in [0.1, 0.15) is 84.6 Å². The van der Waals surface area contributed by atoms with Gasteiger partial charge in [-0.25, -0.2) is 4.79 Å². The minimum absolute atomic E-state index is 0.00457. The van der Waals surface area contributed by atoms with Crippen LogP contribution in [0.5, 0.6) is 0 Å². The van der Waals surface area contributed by atoms with E-state index in [1.807, 2.05) is 5.32 Å². The summed E-state index contributed by atoms with van der Waals surface area (Å²) in [4.78, 5) is 270. The van der Waals surface area contributed by atoms with Gasteiger partial charge in [-0.2, -0.15) is 0 Å². The second-order valence-corrected chi connectivity index (χ2v) is 30.2. The molecule has 16 amide bonds. The summed E-state index contributed by atoms with van der Waals surface area (Å²) >= 11 is 0. The Morgan fingerprint density at radius 1 is 0.357 bits per heavy atom. The van der Waals surface area contributed by atoms with Crippen LogP contribution in [0.1, 0.15) is 190 Å². The van der Waals surface area contributed by atoms with E-state index >= 15 is 0 Å². The zero-order valence-electron chi connectivity index (χ0n) is 66.5. The maximum absolute atomic E-state index is 14.7. The zero-order chi connectivity index (χ0) is 86.8. The standard InChI is InChI=1S/C72H119N19O24/c1-35(2)32-46(64(106)87-56(36(3)4)68(110)82-41(16-9-11-27-73)61(103)81-43(22-25-52(77)93)63(105)86-47(72(114)115)34-55(98)99)85-66(108)49-19-15-31-91(49)71(113)57(37(5)6)88-67(109)50-20-14-30-90(50)70(112)45(23-26-53(94)95)83-59(101)39(8)78-58(100)38(7)79-65(107)48-18-13-29-89(48)69(111)44(17-10-12-28-74)84-62(104)42(21-24-51(76)92)80-60(102)40(75)33-54(96)97/h35-50,56-57H,9-34,73-75H2,1-8H3,(H2,76,92)(H2,77,93)(H,78,100)(H,79,107)(H,80,102)(H,81,103)(H,82,110)(H,83,101)(H,84,104)(H,85,108)(H,86,105)(H,87,106)(H,88,109)(H,94,95)(H,96,97)(H,98,99)(H,114,115)/t38-,39-,40-,41-,42-,43-,44-,45-,46-,47-,48-,49-,50-,56-,57-/m0/s1. The summed E-state index contributed by atoms with van der Waals surface area (Å²) < 4.78 is 0. The molecule has 0 spiro atoms. The Balaban J connectivity index is 1.77. The number of primary amides is 2. The van der Waals surface area contributed by atoms with Crippen molar-refractivity contribution in [3.05, 3.63) is 0 Å². The molecule has 3 fully saturated rings. The fourth-order valence-corrected chi connectivity index (χ4v) is 13.2. The van der Waals surface area contributed by atoms with Gasteiger partial charge in [0.15, 0.2) is 0 Å². The Morgan fingerprint density at radius 3 is 1.16 bits per heavy atom. The lowest BCUT2D eigenvalue weighted by molar-refractivity contribution is -0.147. The van der Waals surface area contributed by atoms with Gasteiger partial charge in [0.2, 0.25) is 94.5 Å². The largest absolute Gasteiger partial charge is 0.481 e. The highest BCUT2D eigenvalue weighted by molar-refractivity contribution is 6.01. The SMILES string of the molecule is CC(C)C[C@H](NC(=O)[C@@H]1CCCN1C(=O)[C@@H](NC(=O)[C@@H]1CCCN1C(=O)[C@H](CCC(=O)O)NC(=O)[C@H](C)NC(=O)[C@H](C)NC(=O)[C@@H]1CCCN1C(=O)[C@H](CCCCN)NC(=O)[C@H](CCC(N)=O)NC(=O)[C@@H](N)CC(=O)O)C(C)C)C(=O)N[C@H](C(=O)N[C@@H](CCCCN)C(=O)N[C@@H](CCC(N)=O)C(=O)N[C@@H](CC(=O)O)C(=O)O)C(C)C. The first kappa shape index (κ1) is 98.5. The molecule has 0 bridgehead atoms. The molecule has 0 radical (unpaired) electrons. The molecular weight excluding hydrogens is 1510 g/mol. The Hall–Kier alpha value is -10.7. The molecule has 3 saturated heterocycles. The molecule has 0 aromatic rings. The van der Waals surface area contributed by atoms with E-state index in [-0.39, 0.29) is 96.4 Å². The molecule has 43 heteroatoms. The van der Waals surface area contributed by atoms with Crippen molar-refractivity contribution in [1.29, 1.82) is 0 Å². The molecule has 0 aliphatic carbocycles. The van der Waals surface area contributed by atoms with Crippen LogP contribution in [-0.2, 0) is 95.9 Å². The fourth-order valence-electron chi connectivity index (χ4n) is 13.2. The van der Waals surface area contributed by atoms with Gasteiger partial charge in [0.05, 0.1) is 18.9 Å². The van der Waals surface area contributed by atoms with Crippen LogP contribution < -0.4 is 87.2 Å². The van der Waals surface area contributed by atoms with Gasteiger partial charge >= 0.3 is 23.9 Å². The average Bonchev–Trinajstić information content (AvgIpc) is 1.71. The maximum atomic E-state index is 14.7. The average molecular weight is 1630 g/mol. The summed E-state index contributed by atoms with van der Waals surface area (Å²) in [5, 5.41) is 65.1. The third-order valence-electron chi connectivity index (χ3n) is 19.6. The molecule has 0 aromatic carbocycles. The molecule has 3 aliphatic rings. The van der Waals surface area contributed by atoms with E-state index in [2.05, 4.69) is 53.2 Å². The van der Waals surface area contributed by atoms with Crippen LogP contribution >= 0.6 is 0 Å². The molecule has 115 heavy (non-hydrogen) atoms. The lowest BCUT2D eigenvalue weighted by Gasteiger charge is -2.33. The van der Waals surface area contributed by atoms with E-state index in [4.69, 9.17) is 33.8 Å².